The Bertz CT molecular complexity index is 545. The van der Waals surface area contributed by atoms with E-state index >= 15 is 0 Å². The first kappa shape index (κ1) is 16.8. The lowest BCUT2D eigenvalue weighted by Gasteiger charge is -2.37. The van der Waals surface area contributed by atoms with Crippen LogP contribution in [0.3, 0.4) is 0 Å². The van der Waals surface area contributed by atoms with E-state index in [4.69, 9.17) is 0 Å². The third kappa shape index (κ3) is 3.88. The molecular formula is C17H27N5O2. The second kappa shape index (κ2) is 7.68. The molecule has 2 heterocycles. The Labute approximate surface area is 143 Å². The quantitative estimate of drug-likeness (QED) is 0.914. The highest BCUT2D eigenvalue weighted by atomic mass is 16.2. The van der Waals surface area contributed by atoms with Gasteiger partial charge in [-0.1, -0.05) is 19.3 Å². The fourth-order valence-corrected chi connectivity index (χ4v) is 3.53. The predicted octanol–water partition coefficient (Wildman–Crippen LogP) is 1.63. The summed E-state index contributed by atoms with van der Waals surface area (Å²) in [5.41, 5.74) is 0. The van der Waals surface area contributed by atoms with Gasteiger partial charge in [0.2, 0.25) is 5.91 Å². The molecule has 2 aliphatic rings. The van der Waals surface area contributed by atoms with Crippen molar-refractivity contribution in [1.29, 1.82) is 0 Å². The fourth-order valence-electron chi connectivity index (χ4n) is 3.53. The van der Waals surface area contributed by atoms with E-state index < -0.39 is 0 Å². The van der Waals surface area contributed by atoms with Crippen LogP contribution in [0.1, 0.15) is 45.1 Å². The lowest BCUT2D eigenvalue weighted by atomic mass is 9.96. The maximum atomic E-state index is 12.5. The molecule has 0 bridgehead atoms. The van der Waals surface area contributed by atoms with E-state index in [1.165, 1.54) is 19.3 Å². The van der Waals surface area contributed by atoms with E-state index in [0.717, 1.165) is 12.8 Å². The van der Waals surface area contributed by atoms with Crippen molar-refractivity contribution in [2.75, 3.05) is 26.2 Å². The Balaban J connectivity index is 1.46. The van der Waals surface area contributed by atoms with Crippen molar-refractivity contribution < 1.29 is 9.59 Å². The SMILES string of the molecule is CC(C(=O)N1CCN(C(=O)NC2CCCCC2)CC1)n1cccn1. The molecule has 1 aromatic rings. The zero-order valence-electron chi connectivity index (χ0n) is 14.4. The molecule has 1 saturated heterocycles. The van der Waals surface area contributed by atoms with Crippen LogP contribution in [0.25, 0.3) is 0 Å². The number of rotatable bonds is 3. The number of amides is 3. The normalized spacial score (nSPS) is 20.7. The van der Waals surface area contributed by atoms with Gasteiger partial charge >= 0.3 is 6.03 Å². The predicted molar refractivity (Wildman–Crippen MR) is 90.5 cm³/mol. The molecule has 132 valence electrons. The van der Waals surface area contributed by atoms with Gasteiger partial charge in [0.15, 0.2) is 0 Å². The molecule has 24 heavy (non-hydrogen) atoms. The second-order valence-electron chi connectivity index (χ2n) is 6.76. The van der Waals surface area contributed by atoms with Crippen molar-refractivity contribution >= 4 is 11.9 Å². The molecule has 1 aliphatic carbocycles. The Hall–Kier alpha value is -2.05. The van der Waals surface area contributed by atoms with Crippen LogP contribution in [0.2, 0.25) is 0 Å². The molecule has 7 nitrogen and oxygen atoms in total. The average molecular weight is 333 g/mol. The van der Waals surface area contributed by atoms with Crippen molar-refractivity contribution in [2.45, 2.75) is 51.1 Å². The molecule has 1 saturated carbocycles. The lowest BCUT2D eigenvalue weighted by Crippen LogP contribution is -2.55. The number of aromatic nitrogens is 2. The van der Waals surface area contributed by atoms with Gasteiger partial charge in [-0.2, -0.15) is 5.10 Å². The Morgan fingerprint density at radius 2 is 1.75 bits per heavy atom. The molecule has 0 aromatic carbocycles. The summed E-state index contributed by atoms with van der Waals surface area (Å²) in [6, 6.07) is 1.86. The molecule has 0 spiro atoms. The number of carbonyl (C=O) groups is 2. The molecule has 1 unspecified atom stereocenters. The summed E-state index contributed by atoms with van der Waals surface area (Å²) >= 11 is 0. The average Bonchev–Trinajstić information content (AvgIpc) is 3.16. The first-order valence-corrected chi connectivity index (χ1v) is 8.98. The van der Waals surface area contributed by atoms with Crippen LogP contribution in [0.4, 0.5) is 4.79 Å². The number of hydrogen-bond donors (Lipinski definition) is 1. The van der Waals surface area contributed by atoms with Gasteiger partial charge in [-0.05, 0) is 25.8 Å². The van der Waals surface area contributed by atoms with Crippen LogP contribution in [0, 0.1) is 0 Å². The van der Waals surface area contributed by atoms with Gasteiger partial charge in [0.05, 0.1) is 0 Å². The number of hydrogen-bond acceptors (Lipinski definition) is 3. The van der Waals surface area contributed by atoms with Gasteiger partial charge < -0.3 is 15.1 Å². The van der Waals surface area contributed by atoms with Gasteiger partial charge in [0.1, 0.15) is 6.04 Å². The number of carbonyl (C=O) groups excluding carboxylic acids is 2. The van der Waals surface area contributed by atoms with Crippen molar-refractivity contribution in [3.63, 3.8) is 0 Å². The van der Waals surface area contributed by atoms with Crippen LogP contribution in [0.15, 0.2) is 18.5 Å². The highest BCUT2D eigenvalue weighted by Gasteiger charge is 2.28. The topological polar surface area (TPSA) is 70.5 Å². The molecule has 2 fully saturated rings. The summed E-state index contributed by atoms with van der Waals surface area (Å²) in [7, 11) is 0. The summed E-state index contributed by atoms with van der Waals surface area (Å²) in [6.07, 6.45) is 9.35. The number of piperazine rings is 1. The summed E-state index contributed by atoms with van der Waals surface area (Å²) in [5.74, 6) is 0.0611. The zero-order valence-corrected chi connectivity index (χ0v) is 14.4. The second-order valence-corrected chi connectivity index (χ2v) is 6.76. The maximum absolute atomic E-state index is 12.5. The maximum Gasteiger partial charge on any atom is 0.317 e. The van der Waals surface area contributed by atoms with Crippen LogP contribution >= 0.6 is 0 Å². The van der Waals surface area contributed by atoms with Gasteiger partial charge in [0, 0.05) is 44.6 Å². The smallest absolute Gasteiger partial charge is 0.317 e. The van der Waals surface area contributed by atoms with E-state index in [9.17, 15) is 9.59 Å². The van der Waals surface area contributed by atoms with Crippen molar-refractivity contribution in [3.05, 3.63) is 18.5 Å². The zero-order chi connectivity index (χ0) is 16.9. The van der Waals surface area contributed by atoms with Crippen LogP contribution in [0.5, 0.6) is 0 Å². The minimum absolute atomic E-state index is 0.0223. The first-order chi connectivity index (χ1) is 11.6. The minimum atomic E-state index is -0.303. The minimum Gasteiger partial charge on any atom is -0.337 e. The van der Waals surface area contributed by atoms with E-state index in [2.05, 4.69) is 10.4 Å². The Morgan fingerprint density at radius 3 is 2.38 bits per heavy atom. The van der Waals surface area contributed by atoms with E-state index in [-0.39, 0.29) is 18.0 Å². The molecule has 0 radical (unpaired) electrons. The third-order valence-corrected chi connectivity index (χ3v) is 5.09. The van der Waals surface area contributed by atoms with Crippen molar-refractivity contribution in [3.8, 4) is 0 Å². The molecule has 1 aliphatic heterocycles. The Morgan fingerprint density at radius 1 is 1.08 bits per heavy atom. The Kier molecular flexibility index (Phi) is 5.37. The van der Waals surface area contributed by atoms with Gasteiger partial charge in [-0.25, -0.2) is 4.79 Å². The van der Waals surface area contributed by atoms with Crippen molar-refractivity contribution in [2.24, 2.45) is 0 Å². The largest absolute Gasteiger partial charge is 0.337 e. The molecule has 1 N–H and O–H groups in total. The van der Waals surface area contributed by atoms with Crippen LogP contribution in [-0.4, -0.2) is 63.7 Å². The van der Waals surface area contributed by atoms with E-state index in [1.807, 2.05) is 22.8 Å². The van der Waals surface area contributed by atoms with E-state index in [0.29, 0.717) is 32.2 Å². The van der Waals surface area contributed by atoms with Gasteiger partial charge in [-0.15, -0.1) is 0 Å². The summed E-state index contributed by atoms with van der Waals surface area (Å²) in [4.78, 5) is 28.6. The monoisotopic (exact) mass is 333 g/mol. The number of nitrogens with zero attached hydrogens (tertiary/aromatic N) is 4. The molecule has 7 heteroatoms. The molecule has 3 amide bonds. The van der Waals surface area contributed by atoms with Gasteiger partial charge in [-0.3, -0.25) is 9.48 Å². The highest BCUT2D eigenvalue weighted by Crippen LogP contribution is 2.18. The summed E-state index contributed by atoms with van der Waals surface area (Å²) in [6.45, 7) is 4.22. The lowest BCUT2D eigenvalue weighted by molar-refractivity contribution is -0.136. The molecule has 1 atom stereocenters. The van der Waals surface area contributed by atoms with Crippen LogP contribution in [-0.2, 0) is 4.79 Å². The third-order valence-electron chi connectivity index (χ3n) is 5.09. The molecule has 3 rings (SSSR count). The van der Waals surface area contributed by atoms with Gasteiger partial charge in [0.25, 0.3) is 0 Å². The summed E-state index contributed by atoms with van der Waals surface area (Å²) in [5, 5.41) is 7.28. The standard InChI is InChI=1S/C17H27N5O2/c1-14(22-9-5-8-18-22)16(23)20-10-12-21(13-11-20)17(24)19-15-6-3-2-4-7-15/h5,8-9,14-15H,2-4,6-7,10-13H2,1H3,(H,19,24). The summed E-state index contributed by atoms with van der Waals surface area (Å²) < 4.78 is 1.67. The van der Waals surface area contributed by atoms with Crippen LogP contribution < -0.4 is 5.32 Å². The number of nitrogens with one attached hydrogen (secondary N) is 1. The number of urea groups is 1. The first-order valence-electron chi connectivity index (χ1n) is 8.98. The highest BCUT2D eigenvalue weighted by molar-refractivity contribution is 5.80. The van der Waals surface area contributed by atoms with Crippen molar-refractivity contribution in [1.82, 2.24) is 24.9 Å². The van der Waals surface area contributed by atoms with E-state index in [1.54, 1.807) is 17.1 Å². The molecule has 1 aromatic heterocycles. The molecular weight excluding hydrogens is 306 g/mol. The fraction of sp³-hybridized carbons (Fsp3) is 0.706.